The number of esters is 1. The van der Waals surface area contributed by atoms with Crippen molar-refractivity contribution in [1.29, 1.82) is 0 Å². The van der Waals surface area contributed by atoms with E-state index in [4.69, 9.17) is 9.47 Å². The molecular formula is C20H29N3O5. The number of benzene rings is 1. The second kappa shape index (κ2) is 9.43. The van der Waals surface area contributed by atoms with E-state index in [1.165, 1.54) is 4.90 Å². The van der Waals surface area contributed by atoms with Gasteiger partial charge in [0.25, 0.3) is 5.91 Å². The molecule has 1 aliphatic rings. The van der Waals surface area contributed by atoms with Gasteiger partial charge in [0, 0.05) is 6.54 Å². The smallest absolute Gasteiger partial charge is 0.408 e. The zero-order valence-electron chi connectivity index (χ0n) is 16.9. The monoisotopic (exact) mass is 391 g/mol. The summed E-state index contributed by atoms with van der Waals surface area (Å²) in [5.74, 6) is -0.898. The van der Waals surface area contributed by atoms with Crippen molar-refractivity contribution >= 4 is 29.3 Å². The van der Waals surface area contributed by atoms with E-state index in [9.17, 15) is 14.4 Å². The third kappa shape index (κ3) is 6.14. The number of hydrogen-bond acceptors (Lipinski definition) is 6. The number of unbranched alkanes of at least 4 members (excludes halogenated alkanes) is 1. The summed E-state index contributed by atoms with van der Waals surface area (Å²) in [6.07, 6.45) is 0.981. The van der Waals surface area contributed by atoms with Gasteiger partial charge in [-0.3, -0.25) is 14.5 Å². The number of nitrogens with zero attached hydrogens (tertiary/aromatic N) is 1. The highest BCUT2D eigenvalue weighted by molar-refractivity contribution is 6.05. The maximum absolute atomic E-state index is 13.1. The fourth-order valence-electron chi connectivity index (χ4n) is 2.70. The third-order valence-corrected chi connectivity index (χ3v) is 3.99. The molecular weight excluding hydrogens is 362 g/mol. The number of carbonyl (C=O) groups is 3. The van der Waals surface area contributed by atoms with Crippen molar-refractivity contribution < 1.29 is 23.9 Å². The van der Waals surface area contributed by atoms with Crippen LogP contribution in [0.15, 0.2) is 24.3 Å². The minimum atomic E-state index is -0.884. The van der Waals surface area contributed by atoms with E-state index in [0.29, 0.717) is 18.0 Å². The van der Waals surface area contributed by atoms with Crippen molar-refractivity contribution in [3.8, 4) is 0 Å². The van der Waals surface area contributed by atoms with E-state index in [0.717, 1.165) is 12.8 Å². The van der Waals surface area contributed by atoms with Gasteiger partial charge in [-0.15, -0.1) is 0 Å². The molecule has 0 spiro atoms. The first-order valence-corrected chi connectivity index (χ1v) is 9.50. The first kappa shape index (κ1) is 21.5. The number of fused-ring (bicyclic) bond motifs is 1. The third-order valence-electron chi connectivity index (χ3n) is 3.99. The lowest BCUT2D eigenvalue weighted by molar-refractivity contribution is -0.143. The summed E-state index contributed by atoms with van der Waals surface area (Å²) >= 11 is 0. The number of anilines is 2. The molecule has 0 fully saturated rings. The van der Waals surface area contributed by atoms with E-state index in [1.54, 1.807) is 32.9 Å². The molecule has 1 heterocycles. The van der Waals surface area contributed by atoms with Crippen molar-refractivity contribution in [2.24, 2.45) is 0 Å². The van der Waals surface area contributed by atoms with Crippen LogP contribution in [0.25, 0.3) is 0 Å². The number of hydrogen-bond donors (Lipinski definition) is 2. The molecule has 0 saturated carbocycles. The molecule has 0 radical (unpaired) electrons. The fraction of sp³-hybridized carbons (Fsp3) is 0.550. The number of alkyl carbamates (subject to hydrolysis) is 1. The molecule has 2 amide bonds. The van der Waals surface area contributed by atoms with Crippen LogP contribution in [0.5, 0.6) is 0 Å². The molecule has 0 aliphatic carbocycles. The Morgan fingerprint density at radius 2 is 2.00 bits per heavy atom. The summed E-state index contributed by atoms with van der Waals surface area (Å²) in [7, 11) is 0. The molecule has 1 aliphatic heterocycles. The minimum absolute atomic E-state index is 0.177. The number of ether oxygens (including phenoxy) is 2. The van der Waals surface area contributed by atoms with Crippen LogP contribution >= 0.6 is 0 Å². The van der Waals surface area contributed by atoms with Gasteiger partial charge >= 0.3 is 12.1 Å². The largest absolute Gasteiger partial charge is 0.464 e. The molecule has 2 rings (SSSR count). The topological polar surface area (TPSA) is 97.0 Å². The summed E-state index contributed by atoms with van der Waals surface area (Å²) in [5, 5.41) is 5.73. The maximum atomic E-state index is 13.1. The van der Waals surface area contributed by atoms with Crippen molar-refractivity contribution in [2.75, 3.05) is 29.9 Å². The van der Waals surface area contributed by atoms with Gasteiger partial charge in [-0.05, 0) is 39.3 Å². The summed E-state index contributed by atoms with van der Waals surface area (Å²) in [4.78, 5) is 38.8. The number of rotatable bonds is 6. The highest BCUT2D eigenvalue weighted by Gasteiger charge is 2.33. The molecule has 1 atom stereocenters. The molecule has 2 N–H and O–H groups in total. The van der Waals surface area contributed by atoms with Crippen molar-refractivity contribution in [3.05, 3.63) is 24.3 Å². The summed E-state index contributed by atoms with van der Waals surface area (Å²) in [6.45, 7) is 7.50. The Morgan fingerprint density at radius 3 is 2.68 bits per heavy atom. The first-order chi connectivity index (χ1) is 13.2. The lowest BCUT2D eigenvalue weighted by atomic mass is 10.2. The van der Waals surface area contributed by atoms with Gasteiger partial charge in [-0.25, -0.2) is 4.79 Å². The van der Waals surface area contributed by atoms with Crippen LogP contribution in [0.3, 0.4) is 0 Å². The van der Waals surface area contributed by atoms with Crippen LogP contribution in [0, 0.1) is 0 Å². The zero-order valence-corrected chi connectivity index (χ0v) is 16.9. The van der Waals surface area contributed by atoms with E-state index < -0.39 is 29.6 Å². The molecule has 8 heteroatoms. The highest BCUT2D eigenvalue weighted by atomic mass is 16.6. The Labute approximate surface area is 165 Å². The molecule has 1 aromatic carbocycles. The summed E-state index contributed by atoms with van der Waals surface area (Å²) in [6, 6.07) is 6.29. The lowest BCUT2D eigenvalue weighted by Gasteiger charge is -2.26. The Kier molecular flexibility index (Phi) is 7.25. The fourth-order valence-corrected chi connectivity index (χ4v) is 2.70. The Bertz CT molecular complexity index is 714. The second-order valence-electron chi connectivity index (χ2n) is 7.60. The average Bonchev–Trinajstić information content (AvgIpc) is 2.73. The highest BCUT2D eigenvalue weighted by Crippen LogP contribution is 2.28. The van der Waals surface area contributed by atoms with E-state index >= 15 is 0 Å². The molecule has 0 bridgehead atoms. The Hall–Kier alpha value is -2.77. The summed E-state index contributed by atoms with van der Waals surface area (Å²) < 4.78 is 10.5. The number of amides is 2. The Morgan fingerprint density at radius 1 is 1.29 bits per heavy atom. The quantitative estimate of drug-likeness (QED) is 0.572. The van der Waals surface area contributed by atoms with Gasteiger partial charge in [0.2, 0.25) is 0 Å². The standard InChI is InChI=1S/C20H29N3O5/c1-5-6-11-27-17(24)13-23-16-10-8-7-9-14(16)21-12-15(18(23)25)22-19(26)28-20(2,3)4/h7-10,15,21H,5-6,11-13H2,1-4H3,(H,22,26)/t15-/m0/s1. The Balaban J connectivity index is 2.17. The summed E-state index contributed by atoms with van der Waals surface area (Å²) in [5.41, 5.74) is 0.580. The second-order valence-corrected chi connectivity index (χ2v) is 7.60. The van der Waals surface area contributed by atoms with Gasteiger partial charge in [0.15, 0.2) is 0 Å². The van der Waals surface area contributed by atoms with Crippen LogP contribution in [0.4, 0.5) is 16.2 Å². The molecule has 28 heavy (non-hydrogen) atoms. The van der Waals surface area contributed by atoms with Gasteiger partial charge in [-0.1, -0.05) is 25.5 Å². The number of carbonyl (C=O) groups excluding carboxylic acids is 3. The van der Waals surface area contributed by atoms with Crippen molar-refractivity contribution in [1.82, 2.24) is 5.32 Å². The minimum Gasteiger partial charge on any atom is -0.464 e. The predicted octanol–water partition coefficient (Wildman–Crippen LogP) is 2.68. The van der Waals surface area contributed by atoms with Gasteiger partial charge < -0.3 is 20.1 Å². The predicted molar refractivity (Wildman–Crippen MR) is 106 cm³/mol. The van der Waals surface area contributed by atoms with E-state index in [2.05, 4.69) is 10.6 Å². The lowest BCUT2D eigenvalue weighted by Crippen LogP contribution is -2.52. The van der Waals surface area contributed by atoms with Gasteiger partial charge in [0.1, 0.15) is 18.2 Å². The van der Waals surface area contributed by atoms with Crippen molar-refractivity contribution in [2.45, 2.75) is 52.2 Å². The van der Waals surface area contributed by atoms with Crippen LogP contribution in [-0.4, -0.2) is 49.3 Å². The van der Waals surface area contributed by atoms with Gasteiger partial charge in [0.05, 0.1) is 18.0 Å². The maximum Gasteiger partial charge on any atom is 0.408 e. The van der Waals surface area contributed by atoms with Gasteiger partial charge in [-0.2, -0.15) is 0 Å². The van der Waals surface area contributed by atoms with Crippen molar-refractivity contribution in [3.63, 3.8) is 0 Å². The van der Waals surface area contributed by atoms with E-state index in [-0.39, 0.29) is 13.1 Å². The SMILES string of the molecule is CCCCOC(=O)CN1C(=O)[C@@H](NC(=O)OC(C)(C)C)CNc2ccccc21. The number of nitrogens with one attached hydrogen (secondary N) is 2. The molecule has 0 unspecified atom stereocenters. The van der Waals surface area contributed by atoms with Crippen LogP contribution < -0.4 is 15.5 Å². The zero-order chi connectivity index (χ0) is 20.7. The molecule has 8 nitrogen and oxygen atoms in total. The molecule has 154 valence electrons. The molecule has 0 saturated heterocycles. The molecule has 1 aromatic rings. The van der Waals surface area contributed by atoms with Crippen LogP contribution in [0.1, 0.15) is 40.5 Å². The first-order valence-electron chi connectivity index (χ1n) is 9.50. The van der Waals surface area contributed by atoms with Crippen LogP contribution in [-0.2, 0) is 19.1 Å². The average molecular weight is 391 g/mol. The van der Waals surface area contributed by atoms with E-state index in [1.807, 2.05) is 19.1 Å². The molecule has 0 aromatic heterocycles. The van der Waals surface area contributed by atoms with Crippen LogP contribution in [0.2, 0.25) is 0 Å². The normalized spacial score (nSPS) is 16.5. The number of para-hydroxylation sites is 2.